The quantitative estimate of drug-likeness (QED) is 0.846. The van der Waals surface area contributed by atoms with Crippen LogP contribution in [-0.2, 0) is 9.53 Å². The largest absolute Gasteiger partial charge is 0.368 e. The Morgan fingerprint density at radius 1 is 1.32 bits per heavy atom. The van der Waals surface area contributed by atoms with Gasteiger partial charge in [-0.3, -0.25) is 10.1 Å². The summed E-state index contributed by atoms with van der Waals surface area (Å²) in [5.74, 6) is -0.445. The van der Waals surface area contributed by atoms with Crippen LogP contribution < -0.4 is 10.6 Å². The molecule has 1 aromatic carbocycles. The number of benzene rings is 1. The van der Waals surface area contributed by atoms with Crippen molar-refractivity contribution in [1.82, 2.24) is 10.3 Å². The highest BCUT2D eigenvalue weighted by Crippen LogP contribution is 2.32. The summed E-state index contributed by atoms with van der Waals surface area (Å²) >= 11 is 1.41. The van der Waals surface area contributed by atoms with Crippen molar-refractivity contribution in [2.75, 3.05) is 25.5 Å². The van der Waals surface area contributed by atoms with Gasteiger partial charge in [-0.1, -0.05) is 0 Å². The number of rotatable bonds is 4. The molecule has 0 radical (unpaired) electrons. The van der Waals surface area contributed by atoms with Crippen LogP contribution in [0.25, 0.3) is 11.3 Å². The van der Waals surface area contributed by atoms with E-state index >= 15 is 0 Å². The second kappa shape index (κ2) is 8.23. The first-order chi connectivity index (χ1) is 11.5. The second-order valence-corrected chi connectivity index (χ2v) is 7.04. The van der Waals surface area contributed by atoms with E-state index in [1.165, 1.54) is 23.5 Å². The lowest BCUT2D eigenvalue weighted by Gasteiger charge is -2.34. The molecule has 1 aliphatic rings. The Morgan fingerprint density at radius 3 is 2.56 bits per heavy atom. The second-order valence-electron chi connectivity index (χ2n) is 5.83. The van der Waals surface area contributed by atoms with Gasteiger partial charge in [-0.05, 0) is 57.1 Å². The van der Waals surface area contributed by atoms with E-state index in [0.29, 0.717) is 18.0 Å². The molecule has 1 saturated heterocycles. The van der Waals surface area contributed by atoms with Crippen LogP contribution in [0.3, 0.4) is 0 Å². The molecule has 136 valence electrons. The molecule has 1 aromatic heterocycles. The summed E-state index contributed by atoms with van der Waals surface area (Å²) < 4.78 is 18.6. The first-order valence-electron chi connectivity index (χ1n) is 7.85. The molecule has 0 bridgehead atoms. The number of nitrogens with zero attached hydrogens (tertiary/aromatic N) is 1. The van der Waals surface area contributed by atoms with Gasteiger partial charge in [-0.2, -0.15) is 0 Å². The molecule has 5 nitrogen and oxygen atoms in total. The standard InChI is InChI=1S/C17H20FN3O2S.ClH/c1-11-14(12-3-5-13(18)6-4-12)20-16(24-11)21-15(22)17(23-2)7-9-19-10-8-17;/h3-6,19H,7-10H2,1-2H3,(H,20,21,22);1H. The van der Waals surface area contributed by atoms with Crippen LogP contribution in [0.4, 0.5) is 9.52 Å². The fraction of sp³-hybridized carbons (Fsp3) is 0.412. The van der Waals surface area contributed by atoms with Crippen molar-refractivity contribution in [2.45, 2.75) is 25.4 Å². The summed E-state index contributed by atoms with van der Waals surface area (Å²) in [6, 6.07) is 6.18. The molecule has 0 aliphatic carbocycles. The first kappa shape index (κ1) is 19.8. The van der Waals surface area contributed by atoms with Gasteiger partial charge < -0.3 is 10.1 Å². The van der Waals surface area contributed by atoms with Crippen molar-refractivity contribution in [1.29, 1.82) is 0 Å². The molecule has 25 heavy (non-hydrogen) atoms. The highest BCUT2D eigenvalue weighted by Gasteiger charge is 2.40. The normalized spacial score (nSPS) is 16.1. The Morgan fingerprint density at radius 2 is 1.96 bits per heavy atom. The van der Waals surface area contributed by atoms with Gasteiger partial charge >= 0.3 is 0 Å². The van der Waals surface area contributed by atoms with E-state index in [1.54, 1.807) is 19.2 Å². The molecule has 2 N–H and O–H groups in total. The molecule has 1 amide bonds. The van der Waals surface area contributed by atoms with E-state index in [-0.39, 0.29) is 24.1 Å². The minimum atomic E-state index is -0.805. The molecule has 0 spiro atoms. The lowest BCUT2D eigenvalue weighted by atomic mass is 9.91. The van der Waals surface area contributed by atoms with Gasteiger partial charge in [-0.25, -0.2) is 9.37 Å². The maximum absolute atomic E-state index is 13.1. The van der Waals surface area contributed by atoms with Gasteiger partial charge in [0.2, 0.25) is 0 Å². The van der Waals surface area contributed by atoms with E-state index in [0.717, 1.165) is 29.2 Å². The molecule has 1 aliphatic heterocycles. The zero-order valence-electron chi connectivity index (χ0n) is 14.1. The van der Waals surface area contributed by atoms with Crippen molar-refractivity contribution in [3.8, 4) is 11.3 Å². The Balaban J connectivity index is 0.00000225. The number of nitrogens with one attached hydrogen (secondary N) is 2. The summed E-state index contributed by atoms with van der Waals surface area (Å²) in [4.78, 5) is 18.1. The molecule has 0 atom stereocenters. The molecular formula is C17H21ClFN3O2S. The highest BCUT2D eigenvalue weighted by molar-refractivity contribution is 7.16. The van der Waals surface area contributed by atoms with Gasteiger partial charge in [0.25, 0.3) is 5.91 Å². The van der Waals surface area contributed by atoms with Crippen LogP contribution >= 0.6 is 23.7 Å². The number of aromatic nitrogens is 1. The average Bonchev–Trinajstić information content (AvgIpc) is 2.96. The van der Waals surface area contributed by atoms with Gasteiger partial charge in [-0.15, -0.1) is 23.7 Å². The lowest BCUT2D eigenvalue weighted by Crippen LogP contribution is -2.51. The number of amides is 1. The topological polar surface area (TPSA) is 63.2 Å². The van der Waals surface area contributed by atoms with Crippen molar-refractivity contribution in [3.63, 3.8) is 0 Å². The number of halogens is 2. The van der Waals surface area contributed by atoms with E-state index < -0.39 is 5.60 Å². The summed E-state index contributed by atoms with van der Waals surface area (Å²) in [5.41, 5.74) is 0.780. The first-order valence-corrected chi connectivity index (χ1v) is 8.66. The molecule has 2 aromatic rings. The average molecular weight is 386 g/mol. The van der Waals surface area contributed by atoms with Crippen LogP contribution in [0.2, 0.25) is 0 Å². The number of methoxy groups -OCH3 is 1. The Hall–Kier alpha value is -1.54. The van der Waals surface area contributed by atoms with Gasteiger partial charge in [0, 0.05) is 17.6 Å². The van der Waals surface area contributed by atoms with Gasteiger partial charge in [0.1, 0.15) is 11.4 Å². The van der Waals surface area contributed by atoms with E-state index in [1.807, 2.05) is 6.92 Å². The number of hydrogen-bond donors (Lipinski definition) is 2. The monoisotopic (exact) mass is 385 g/mol. The molecule has 0 unspecified atom stereocenters. The Labute approximate surface area is 156 Å². The SMILES string of the molecule is COC1(C(=O)Nc2nc(-c3ccc(F)cc3)c(C)s2)CCNCC1.Cl. The zero-order chi connectivity index (χ0) is 17.2. The number of aryl methyl sites for hydroxylation is 1. The van der Waals surface area contributed by atoms with Crippen molar-refractivity contribution < 1.29 is 13.9 Å². The third-order valence-corrected chi connectivity index (χ3v) is 5.24. The van der Waals surface area contributed by atoms with Crippen LogP contribution in [0, 0.1) is 12.7 Å². The summed E-state index contributed by atoms with van der Waals surface area (Å²) in [7, 11) is 1.57. The van der Waals surface area contributed by atoms with Gasteiger partial charge in [0.15, 0.2) is 5.13 Å². The molecule has 3 rings (SSSR count). The summed E-state index contributed by atoms with van der Waals surface area (Å²) in [5, 5.41) is 6.65. The number of carbonyl (C=O) groups excluding carboxylic acids is 1. The van der Waals surface area contributed by atoms with E-state index in [2.05, 4.69) is 15.6 Å². The van der Waals surface area contributed by atoms with Crippen LogP contribution in [-0.4, -0.2) is 36.7 Å². The molecular weight excluding hydrogens is 365 g/mol. The minimum absolute atomic E-state index is 0. The van der Waals surface area contributed by atoms with Crippen LogP contribution in [0.5, 0.6) is 0 Å². The van der Waals surface area contributed by atoms with Crippen LogP contribution in [0.15, 0.2) is 24.3 Å². The number of thiazole rings is 1. The summed E-state index contributed by atoms with van der Waals surface area (Å²) in [6.45, 7) is 3.43. The van der Waals surface area contributed by atoms with Crippen LogP contribution in [0.1, 0.15) is 17.7 Å². The zero-order valence-corrected chi connectivity index (χ0v) is 15.7. The van der Waals surface area contributed by atoms with Crippen molar-refractivity contribution >= 4 is 34.8 Å². The molecule has 1 fully saturated rings. The highest BCUT2D eigenvalue weighted by atomic mass is 35.5. The maximum atomic E-state index is 13.1. The number of piperidine rings is 1. The Bertz CT molecular complexity index is 730. The number of ether oxygens (including phenoxy) is 1. The Kier molecular flexibility index (Phi) is 6.51. The van der Waals surface area contributed by atoms with Crippen molar-refractivity contribution in [2.24, 2.45) is 0 Å². The van der Waals surface area contributed by atoms with E-state index in [9.17, 15) is 9.18 Å². The fourth-order valence-electron chi connectivity index (χ4n) is 2.89. The third-order valence-electron chi connectivity index (χ3n) is 4.35. The molecule has 0 saturated carbocycles. The number of carbonyl (C=O) groups is 1. The smallest absolute Gasteiger partial charge is 0.258 e. The van der Waals surface area contributed by atoms with E-state index in [4.69, 9.17) is 4.74 Å². The predicted octanol–water partition coefficient (Wildman–Crippen LogP) is 3.39. The maximum Gasteiger partial charge on any atom is 0.258 e. The summed E-state index contributed by atoms with van der Waals surface area (Å²) in [6.07, 6.45) is 1.26. The van der Waals surface area contributed by atoms with Gasteiger partial charge in [0.05, 0.1) is 5.69 Å². The lowest BCUT2D eigenvalue weighted by molar-refractivity contribution is -0.140. The predicted molar refractivity (Wildman–Crippen MR) is 100.0 cm³/mol. The minimum Gasteiger partial charge on any atom is -0.368 e. The molecule has 2 heterocycles. The van der Waals surface area contributed by atoms with Crippen molar-refractivity contribution in [3.05, 3.63) is 35.0 Å². The number of anilines is 1. The fourth-order valence-corrected chi connectivity index (χ4v) is 3.72. The molecule has 8 heteroatoms. The third kappa shape index (κ3) is 4.17. The number of hydrogen-bond acceptors (Lipinski definition) is 5.